The zero-order valence-corrected chi connectivity index (χ0v) is 16.7. The van der Waals surface area contributed by atoms with Crippen molar-refractivity contribution in [1.29, 1.82) is 0 Å². The van der Waals surface area contributed by atoms with Crippen LogP contribution in [0.15, 0.2) is 42.5 Å². The van der Waals surface area contributed by atoms with Gasteiger partial charge in [0.05, 0.1) is 25.9 Å². The highest BCUT2D eigenvalue weighted by molar-refractivity contribution is 6.74. The van der Waals surface area contributed by atoms with Gasteiger partial charge >= 0.3 is 0 Å². The summed E-state index contributed by atoms with van der Waals surface area (Å²) in [6.07, 6.45) is 4.39. The molecule has 2 rings (SSSR count). The average Bonchev–Trinajstić information content (AvgIpc) is 2.54. The van der Waals surface area contributed by atoms with E-state index < -0.39 is 8.32 Å². The number of hydrogen-bond acceptors (Lipinski definition) is 3. The van der Waals surface area contributed by atoms with Gasteiger partial charge in [0, 0.05) is 12.5 Å². The van der Waals surface area contributed by atoms with Gasteiger partial charge in [0.25, 0.3) is 0 Å². The van der Waals surface area contributed by atoms with E-state index >= 15 is 0 Å². The van der Waals surface area contributed by atoms with E-state index in [9.17, 15) is 0 Å². The first-order chi connectivity index (χ1) is 11.3. The smallest absolute Gasteiger partial charge is 0.192 e. The molecule has 3 nitrogen and oxygen atoms in total. The van der Waals surface area contributed by atoms with Crippen LogP contribution < -0.4 is 0 Å². The minimum absolute atomic E-state index is 0.0727. The maximum Gasteiger partial charge on any atom is 0.192 e. The number of hydrogen-bond donors (Lipinski definition) is 0. The molecule has 1 aromatic carbocycles. The van der Waals surface area contributed by atoms with Gasteiger partial charge in [-0.2, -0.15) is 0 Å². The maximum absolute atomic E-state index is 6.38. The fraction of sp³-hybridized carbons (Fsp3) is 0.600. The molecule has 0 aliphatic carbocycles. The SMILES string of the molecule is CC(C)(C)[Si](C)(C)OC[C@@H]1C=CCO[C@H]1COCc1ccccc1. The van der Waals surface area contributed by atoms with Crippen molar-refractivity contribution in [3.05, 3.63) is 48.0 Å². The van der Waals surface area contributed by atoms with Gasteiger partial charge in [0.2, 0.25) is 0 Å². The predicted octanol–water partition coefficient (Wildman–Crippen LogP) is 4.80. The quantitative estimate of drug-likeness (QED) is 0.523. The second kappa shape index (κ2) is 8.43. The van der Waals surface area contributed by atoms with Crippen molar-refractivity contribution in [2.24, 2.45) is 5.92 Å². The van der Waals surface area contributed by atoms with Crippen LogP contribution in [0.1, 0.15) is 26.3 Å². The second-order valence-corrected chi connectivity index (χ2v) is 12.8. The molecule has 0 saturated carbocycles. The minimum Gasteiger partial charge on any atom is -0.416 e. The molecule has 0 aromatic heterocycles. The molecule has 0 amide bonds. The van der Waals surface area contributed by atoms with E-state index in [1.165, 1.54) is 5.56 Å². The number of rotatable bonds is 7. The van der Waals surface area contributed by atoms with Crippen LogP contribution in [-0.2, 0) is 20.5 Å². The van der Waals surface area contributed by atoms with Gasteiger partial charge in [0.15, 0.2) is 8.32 Å². The van der Waals surface area contributed by atoms with Crippen molar-refractivity contribution in [3.8, 4) is 0 Å². The fourth-order valence-corrected chi connectivity index (χ4v) is 3.42. The third kappa shape index (κ3) is 5.55. The summed E-state index contributed by atoms with van der Waals surface area (Å²) in [6.45, 7) is 14.0. The largest absolute Gasteiger partial charge is 0.416 e. The van der Waals surface area contributed by atoms with Crippen LogP contribution in [0.2, 0.25) is 18.1 Å². The highest BCUT2D eigenvalue weighted by Crippen LogP contribution is 2.37. The van der Waals surface area contributed by atoms with Gasteiger partial charge in [0.1, 0.15) is 0 Å². The Balaban J connectivity index is 1.84. The van der Waals surface area contributed by atoms with Gasteiger partial charge in [-0.1, -0.05) is 63.3 Å². The molecule has 0 bridgehead atoms. The van der Waals surface area contributed by atoms with Gasteiger partial charge in [-0.15, -0.1) is 0 Å². The molecular weight excluding hydrogens is 316 g/mol. The molecule has 4 heteroatoms. The molecule has 1 aliphatic rings. The van der Waals surface area contributed by atoms with Gasteiger partial charge < -0.3 is 13.9 Å². The van der Waals surface area contributed by atoms with Gasteiger partial charge in [-0.3, -0.25) is 0 Å². The molecule has 1 aliphatic heterocycles. The van der Waals surface area contributed by atoms with Gasteiger partial charge in [-0.25, -0.2) is 0 Å². The first kappa shape index (κ1) is 19.4. The Morgan fingerprint density at radius 3 is 2.50 bits per heavy atom. The van der Waals surface area contributed by atoms with Crippen molar-refractivity contribution in [1.82, 2.24) is 0 Å². The first-order valence-corrected chi connectivity index (χ1v) is 11.7. The summed E-state index contributed by atoms with van der Waals surface area (Å²) in [7, 11) is -1.73. The highest BCUT2D eigenvalue weighted by Gasteiger charge is 2.38. The predicted molar refractivity (Wildman–Crippen MR) is 102 cm³/mol. The number of ether oxygens (including phenoxy) is 2. The molecule has 1 aromatic rings. The van der Waals surface area contributed by atoms with E-state index in [1.54, 1.807) is 0 Å². The Labute approximate surface area is 148 Å². The Hall–Kier alpha value is -0.943. The molecule has 0 N–H and O–H groups in total. The van der Waals surface area contributed by atoms with Crippen molar-refractivity contribution in [2.75, 3.05) is 19.8 Å². The molecule has 0 spiro atoms. The normalized spacial score (nSPS) is 21.9. The van der Waals surface area contributed by atoms with Crippen LogP contribution in [-0.4, -0.2) is 34.2 Å². The van der Waals surface area contributed by atoms with Gasteiger partial charge in [-0.05, 0) is 23.7 Å². The topological polar surface area (TPSA) is 27.7 Å². The fourth-order valence-electron chi connectivity index (χ4n) is 2.38. The maximum atomic E-state index is 6.38. The third-order valence-corrected chi connectivity index (χ3v) is 9.60. The molecule has 0 fully saturated rings. The molecule has 2 atom stereocenters. The Kier molecular flexibility index (Phi) is 6.81. The van der Waals surface area contributed by atoms with Crippen LogP contribution >= 0.6 is 0 Å². The summed E-state index contributed by atoms with van der Waals surface area (Å²) in [4.78, 5) is 0. The van der Waals surface area contributed by atoms with E-state index in [0.29, 0.717) is 26.4 Å². The van der Waals surface area contributed by atoms with E-state index in [1.807, 2.05) is 18.2 Å². The Morgan fingerprint density at radius 1 is 1.12 bits per heavy atom. The number of benzene rings is 1. The van der Waals surface area contributed by atoms with E-state index in [-0.39, 0.29) is 17.1 Å². The van der Waals surface area contributed by atoms with Crippen molar-refractivity contribution >= 4 is 8.32 Å². The lowest BCUT2D eigenvalue weighted by molar-refractivity contribution is -0.0467. The third-order valence-electron chi connectivity index (χ3n) is 5.10. The molecule has 0 saturated heterocycles. The molecular formula is C20H32O3Si. The van der Waals surface area contributed by atoms with Crippen LogP contribution in [0.5, 0.6) is 0 Å². The van der Waals surface area contributed by atoms with Crippen molar-refractivity contribution < 1.29 is 13.9 Å². The minimum atomic E-state index is -1.73. The summed E-state index contributed by atoms with van der Waals surface area (Å²) >= 11 is 0. The van der Waals surface area contributed by atoms with E-state index in [0.717, 1.165) is 0 Å². The van der Waals surface area contributed by atoms with Crippen LogP contribution in [0, 0.1) is 5.92 Å². The summed E-state index contributed by atoms with van der Waals surface area (Å²) < 4.78 is 18.2. The second-order valence-electron chi connectivity index (χ2n) is 8.04. The van der Waals surface area contributed by atoms with E-state index in [4.69, 9.17) is 13.9 Å². The molecule has 134 valence electrons. The lowest BCUT2D eigenvalue weighted by Gasteiger charge is -2.38. The zero-order valence-electron chi connectivity index (χ0n) is 15.7. The van der Waals surface area contributed by atoms with Crippen LogP contribution in [0.3, 0.4) is 0 Å². The lowest BCUT2D eigenvalue weighted by atomic mass is 10.0. The van der Waals surface area contributed by atoms with Crippen molar-refractivity contribution in [3.63, 3.8) is 0 Å². The molecule has 24 heavy (non-hydrogen) atoms. The lowest BCUT2D eigenvalue weighted by Crippen LogP contribution is -2.44. The summed E-state index contributed by atoms with van der Waals surface area (Å²) in [6, 6.07) is 10.3. The molecule has 0 unspecified atom stereocenters. The molecule has 1 heterocycles. The standard InChI is InChI=1S/C20H32O3Si/c1-20(2,3)24(4,5)23-15-18-12-9-13-22-19(18)16-21-14-17-10-7-6-8-11-17/h6-12,18-19H,13-16H2,1-5H3/t18-,19-/m0/s1. The van der Waals surface area contributed by atoms with Crippen LogP contribution in [0.4, 0.5) is 0 Å². The molecule has 0 radical (unpaired) electrons. The summed E-state index contributed by atoms with van der Waals surface area (Å²) in [5.41, 5.74) is 1.19. The Morgan fingerprint density at radius 2 is 1.83 bits per heavy atom. The monoisotopic (exact) mass is 348 g/mol. The van der Waals surface area contributed by atoms with Crippen molar-refractivity contribution in [2.45, 2.75) is 51.6 Å². The summed E-state index contributed by atoms with van der Waals surface area (Å²) in [5.74, 6) is 0.267. The highest BCUT2D eigenvalue weighted by atomic mass is 28.4. The first-order valence-electron chi connectivity index (χ1n) is 8.83. The van der Waals surface area contributed by atoms with Crippen LogP contribution in [0.25, 0.3) is 0 Å². The zero-order chi connectivity index (χ0) is 17.6. The van der Waals surface area contributed by atoms with E-state index in [2.05, 4.69) is 58.2 Å². The Bertz CT molecular complexity index is 519. The summed E-state index contributed by atoms with van der Waals surface area (Å²) in [5, 5.41) is 0.228. The average molecular weight is 349 g/mol.